The highest BCUT2D eigenvalue weighted by molar-refractivity contribution is 5.24. The molecule has 1 aliphatic heterocycles. The quantitative estimate of drug-likeness (QED) is 0.778. The normalized spacial score (nSPS) is 19.7. The molecule has 5 nitrogen and oxygen atoms in total. The third kappa shape index (κ3) is 4.68. The van der Waals surface area contributed by atoms with Crippen molar-refractivity contribution in [3.8, 4) is 0 Å². The summed E-state index contributed by atoms with van der Waals surface area (Å²) in [6, 6.07) is 0.432. The predicted molar refractivity (Wildman–Crippen MR) is 99.1 cm³/mol. The first kappa shape index (κ1) is 19.2. The molecule has 0 saturated carbocycles. The van der Waals surface area contributed by atoms with Crippen molar-refractivity contribution < 1.29 is 5.11 Å². The molecule has 1 aromatic rings. The standard InChI is InChI=1S/C19H34N4O/c1-6-23-17(5)19(16(4)20-23)14-21-10-11-22(9-7-15(2)3)18(13-21)8-12-24/h7,18,24H,6,8-14H2,1-5H3. The van der Waals surface area contributed by atoms with E-state index in [-0.39, 0.29) is 6.61 Å². The van der Waals surface area contributed by atoms with Gasteiger partial charge in [-0.05, 0) is 41.0 Å². The molecule has 2 rings (SSSR count). The minimum Gasteiger partial charge on any atom is -0.396 e. The van der Waals surface area contributed by atoms with Crippen LogP contribution >= 0.6 is 0 Å². The number of rotatable bonds is 7. The van der Waals surface area contributed by atoms with Gasteiger partial charge in [0.15, 0.2) is 0 Å². The average molecular weight is 335 g/mol. The first-order valence-corrected chi connectivity index (χ1v) is 9.19. The number of aliphatic hydroxyl groups excluding tert-OH is 1. The van der Waals surface area contributed by atoms with Crippen molar-refractivity contribution in [3.05, 3.63) is 28.6 Å². The van der Waals surface area contributed by atoms with Crippen molar-refractivity contribution >= 4 is 0 Å². The topological polar surface area (TPSA) is 44.5 Å². The molecule has 5 heteroatoms. The second-order valence-corrected chi connectivity index (χ2v) is 7.14. The van der Waals surface area contributed by atoms with Crippen LogP contribution in [0.3, 0.4) is 0 Å². The first-order valence-electron chi connectivity index (χ1n) is 9.19. The molecule has 1 aliphatic rings. The lowest BCUT2D eigenvalue weighted by Crippen LogP contribution is -2.53. The molecule has 1 unspecified atom stereocenters. The summed E-state index contributed by atoms with van der Waals surface area (Å²) in [7, 11) is 0. The van der Waals surface area contributed by atoms with E-state index < -0.39 is 0 Å². The third-order valence-corrected chi connectivity index (χ3v) is 5.10. The fourth-order valence-corrected chi connectivity index (χ4v) is 3.56. The van der Waals surface area contributed by atoms with Crippen molar-refractivity contribution in [2.75, 3.05) is 32.8 Å². The van der Waals surface area contributed by atoms with Gasteiger partial charge in [0.25, 0.3) is 0 Å². The van der Waals surface area contributed by atoms with E-state index >= 15 is 0 Å². The molecule has 1 atom stereocenters. The fourth-order valence-electron chi connectivity index (χ4n) is 3.56. The molecule has 1 saturated heterocycles. The molecule has 0 aromatic carbocycles. The Hall–Kier alpha value is -1.17. The number of hydrogen-bond donors (Lipinski definition) is 1. The highest BCUT2D eigenvalue weighted by Gasteiger charge is 2.27. The van der Waals surface area contributed by atoms with Crippen molar-refractivity contribution in [3.63, 3.8) is 0 Å². The highest BCUT2D eigenvalue weighted by atomic mass is 16.3. The predicted octanol–water partition coefficient (Wildman–Crippen LogP) is 2.35. The molecule has 0 aliphatic carbocycles. The number of aromatic nitrogens is 2. The van der Waals surface area contributed by atoms with E-state index in [1.165, 1.54) is 16.8 Å². The SMILES string of the molecule is CCn1nc(C)c(CN2CCN(CC=C(C)C)C(CCO)C2)c1C. The molecule has 2 heterocycles. The zero-order chi connectivity index (χ0) is 17.7. The van der Waals surface area contributed by atoms with E-state index in [0.29, 0.717) is 6.04 Å². The van der Waals surface area contributed by atoms with E-state index in [9.17, 15) is 5.11 Å². The zero-order valence-corrected chi connectivity index (χ0v) is 16.0. The van der Waals surface area contributed by atoms with Gasteiger partial charge in [-0.3, -0.25) is 14.5 Å². The molecule has 1 fully saturated rings. The lowest BCUT2D eigenvalue weighted by Gasteiger charge is -2.41. The summed E-state index contributed by atoms with van der Waals surface area (Å²) < 4.78 is 2.10. The van der Waals surface area contributed by atoms with Gasteiger partial charge in [-0.15, -0.1) is 0 Å². The Balaban J connectivity index is 2.03. The van der Waals surface area contributed by atoms with Crippen LogP contribution in [0.25, 0.3) is 0 Å². The molecular weight excluding hydrogens is 300 g/mol. The van der Waals surface area contributed by atoms with Crippen LogP contribution in [0.2, 0.25) is 0 Å². The largest absolute Gasteiger partial charge is 0.396 e. The van der Waals surface area contributed by atoms with Crippen molar-refractivity contribution in [1.82, 2.24) is 19.6 Å². The van der Waals surface area contributed by atoms with Crippen LogP contribution in [0.1, 0.15) is 44.1 Å². The van der Waals surface area contributed by atoms with Gasteiger partial charge in [0.1, 0.15) is 0 Å². The van der Waals surface area contributed by atoms with Crippen LogP contribution in [0.5, 0.6) is 0 Å². The number of nitrogens with zero attached hydrogens (tertiary/aromatic N) is 4. The number of aliphatic hydroxyl groups is 1. The molecule has 136 valence electrons. The monoisotopic (exact) mass is 334 g/mol. The van der Waals surface area contributed by atoms with Crippen molar-refractivity contribution in [2.24, 2.45) is 0 Å². The van der Waals surface area contributed by atoms with Gasteiger partial charge in [-0.2, -0.15) is 5.10 Å². The smallest absolute Gasteiger partial charge is 0.0641 e. The molecule has 0 spiro atoms. The van der Waals surface area contributed by atoms with Crippen LogP contribution < -0.4 is 0 Å². The molecule has 1 N–H and O–H groups in total. The number of aryl methyl sites for hydroxylation is 2. The Morgan fingerprint density at radius 3 is 2.62 bits per heavy atom. The number of piperazine rings is 1. The van der Waals surface area contributed by atoms with Gasteiger partial charge in [0.05, 0.1) is 5.69 Å². The summed E-state index contributed by atoms with van der Waals surface area (Å²) in [6.45, 7) is 17.0. The summed E-state index contributed by atoms with van der Waals surface area (Å²) in [6.07, 6.45) is 3.14. The number of allylic oxidation sites excluding steroid dienone is 1. The van der Waals surface area contributed by atoms with Crippen molar-refractivity contribution in [2.45, 2.75) is 60.2 Å². The van der Waals surface area contributed by atoms with E-state index in [1.54, 1.807) is 0 Å². The van der Waals surface area contributed by atoms with Crippen molar-refractivity contribution in [1.29, 1.82) is 0 Å². The third-order valence-electron chi connectivity index (χ3n) is 5.10. The van der Waals surface area contributed by atoms with Gasteiger partial charge in [0, 0.05) is 63.2 Å². The molecule has 24 heavy (non-hydrogen) atoms. The van der Waals surface area contributed by atoms with Gasteiger partial charge < -0.3 is 5.11 Å². The Morgan fingerprint density at radius 2 is 2.04 bits per heavy atom. The number of hydrogen-bond acceptors (Lipinski definition) is 4. The summed E-state index contributed by atoms with van der Waals surface area (Å²) in [5, 5.41) is 14.1. The average Bonchev–Trinajstić information content (AvgIpc) is 2.81. The molecule has 0 radical (unpaired) electrons. The van der Waals surface area contributed by atoms with Crippen LogP contribution in [0.4, 0.5) is 0 Å². The highest BCUT2D eigenvalue weighted by Crippen LogP contribution is 2.20. The Bertz CT molecular complexity index is 560. The van der Waals surface area contributed by atoms with E-state index in [0.717, 1.165) is 51.4 Å². The van der Waals surface area contributed by atoms with Crippen LogP contribution in [-0.4, -0.2) is 63.5 Å². The van der Waals surface area contributed by atoms with Gasteiger partial charge in [0.2, 0.25) is 0 Å². The minimum absolute atomic E-state index is 0.260. The van der Waals surface area contributed by atoms with Crippen LogP contribution in [-0.2, 0) is 13.1 Å². The second kappa shape index (κ2) is 8.79. The summed E-state index contributed by atoms with van der Waals surface area (Å²) >= 11 is 0. The Kier molecular flexibility index (Phi) is 7.02. The first-order chi connectivity index (χ1) is 11.5. The van der Waals surface area contributed by atoms with E-state index in [2.05, 4.69) is 60.3 Å². The minimum atomic E-state index is 0.260. The van der Waals surface area contributed by atoms with Gasteiger partial charge >= 0.3 is 0 Å². The molecule has 0 bridgehead atoms. The lowest BCUT2D eigenvalue weighted by molar-refractivity contribution is 0.0634. The summed E-state index contributed by atoms with van der Waals surface area (Å²) in [5.74, 6) is 0. The van der Waals surface area contributed by atoms with Crippen LogP contribution in [0, 0.1) is 13.8 Å². The molecule has 0 amide bonds. The fraction of sp³-hybridized carbons (Fsp3) is 0.737. The van der Waals surface area contributed by atoms with Crippen LogP contribution in [0.15, 0.2) is 11.6 Å². The molecular formula is C19H34N4O. The zero-order valence-electron chi connectivity index (χ0n) is 16.0. The van der Waals surface area contributed by atoms with Gasteiger partial charge in [-0.1, -0.05) is 11.6 Å². The Morgan fingerprint density at radius 1 is 1.29 bits per heavy atom. The summed E-state index contributed by atoms with van der Waals surface area (Å²) in [4.78, 5) is 5.03. The van der Waals surface area contributed by atoms with Gasteiger partial charge in [-0.25, -0.2) is 0 Å². The Labute approximate surface area is 146 Å². The van der Waals surface area contributed by atoms with E-state index in [4.69, 9.17) is 0 Å². The summed E-state index contributed by atoms with van der Waals surface area (Å²) in [5.41, 5.74) is 5.18. The molecule has 1 aromatic heterocycles. The second-order valence-electron chi connectivity index (χ2n) is 7.14. The maximum atomic E-state index is 9.44. The lowest BCUT2D eigenvalue weighted by atomic mass is 10.1. The van der Waals surface area contributed by atoms with E-state index in [1.807, 2.05) is 0 Å². The maximum absolute atomic E-state index is 9.44. The maximum Gasteiger partial charge on any atom is 0.0641 e.